The van der Waals surface area contributed by atoms with Crippen LogP contribution < -0.4 is 21.3 Å². The minimum atomic E-state index is -4.52. The normalized spacial score (nSPS) is 32.2. The molecule has 0 aromatic heterocycles. The van der Waals surface area contributed by atoms with Crippen LogP contribution in [0.5, 0.6) is 0 Å². The third-order valence-electron chi connectivity index (χ3n) is 10.7. The minimum Gasteiger partial charge on any atom is -0.444 e. The topological polar surface area (TPSA) is 375 Å². The zero-order chi connectivity index (χ0) is 53.6. The molecule has 6 unspecified atom stereocenters. The second-order valence-corrected chi connectivity index (χ2v) is 22.0. The summed E-state index contributed by atoms with van der Waals surface area (Å²) in [6, 6.07) is 3.81. The summed E-state index contributed by atoms with van der Waals surface area (Å²) in [5, 5.41) is 88.2. The zero-order valence-corrected chi connectivity index (χ0v) is 42.4. The van der Waals surface area contributed by atoms with Gasteiger partial charge >= 0.3 is 18.3 Å². The maximum atomic E-state index is 13.5. The first-order valence-corrected chi connectivity index (χ1v) is 24.3. The standard InChI is InChI=1S/C44H72N4O22S/c1-20-12-14-22(15-13-20)71(60,61)62-19-25-27(50)26(47-41(59)70-44(9,10)11)29(52)37(65-25)67-34-32(55)33(21(2)63-36(34)48-35(56)23(49)16-17-45-39(57)68-42(3,4)5)66-38-31(54)30(53)28(51)24(64-38)18-46-40(58)69-43(6,7)8/h12-15,21,23-34,36-38,49-55H,16-19H2,1-11H3,(H,45,57)(H,46,58)(H,47,59)(H,48,56)/t21?,23-,24?,25?,26-,27+,28+,29?,30-,31?,32-,33+,34?,36+,37+,38+/m0/s1. The van der Waals surface area contributed by atoms with E-state index in [-0.39, 0.29) is 17.9 Å². The Labute approximate surface area is 412 Å². The molecule has 1 aromatic rings. The van der Waals surface area contributed by atoms with Crippen molar-refractivity contribution < 1.29 is 105 Å². The fourth-order valence-corrected chi connectivity index (χ4v) is 8.14. The van der Waals surface area contributed by atoms with E-state index in [2.05, 4.69) is 21.3 Å². The van der Waals surface area contributed by atoms with Gasteiger partial charge < -0.3 is 94.9 Å². The summed E-state index contributed by atoms with van der Waals surface area (Å²) in [7, 11) is -4.52. The van der Waals surface area contributed by atoms with E-state index < -0.39 is 162 Å². The Morgan fingerprint density at radius 1 is 0.648 bits per heavy atom. The van der Waals surface area contributed by atoms with E-state index >= 15 is 0 Å². The molecule has 3 aliphatic rings. The molecule has 16 atom stereocenters. The molecule has 0 bridgehead atoms. The summed E-state index contributed by atoms with van der Waals surface area (Å²) in [4.78, 5) is 50.9. The molecule has 0 spiro atoms. The Balaban J connectivity index is 1.66. The number of carbonyl (C=O) groups is 4. The van der Waals surface area contributed by atoms with Crippen LogP contribution in [-0.2, 0) is 57.0 Å². The Morgan fingerprint density at radius 2 is 1.17 bits per heavy atom. The number of hydrogen-bond acceptors (Lipinski definition) is 22. The van der Waals surface area contributed by atoms with E-state index in [0.29, 0.717) is 0 Å². The maximum Gasteiger partial charge on any atom is 0.408 e. The molecule has 26 nitrogen and oxygen atoms in total. The molecule has 3 heterocycles. The largest absolute Gasteiger partial charge is 0.444 e. The van der Waals surface area contributed by atoms with Crippen molar-refractivity contribution in [2.45, 2.75) is 202 Å². The maximum absolute atomic E-state index is 13.5. The number of nitrogens with one attached hydrogen (secondary N) is 4. The van der Waals surface area contributed by atoms with Gasteiger partial charge in [-0.15, -0.1) is 0 Å². The molecular formula is C44H72N4O22S. The first-order valence-electron chi connectivity index (χ1n) is 22.9. The van der Waals surface area contributed by atoms with Crippen LogP contribution in [0.1, 0.15) is 81.2 Å². The molecule has 0 saturated carbocycles. The number of alkyl carbamates (subject to hydrolysis) is 3. The molecule has 3 saturated heterocycles. The van der Waals surface area contributed by atoms with Gasteiger partial charge in [0.05, 0.1) is 23.6 Å². The van der Waals surface area contributed by atoms with Crippen molar-refractivity contribution in [2.24, 2.45) is 0 Å². The highest BCUT2D eigenvalue weighted by molar-refractivity contribution is 7.86. The molecule has 71 heavy (non-hydrogen) atoms. The van der Waals surface area contributed by atoms with E-state index in [1.807, 2.05) is 0 Å². The van der Waals surface area contributed by atoms with Crippen molar-refractivity contribution in [3.63, 3.8) is 0 Å². The summed E-state index contributed by atoms with van der Waals surface area (Å²) in [6.45, 7) is 15.8. The van der Waals surface area contributed by atoms with E-state index in [9.17, 15) is 63.3 Å². The number of carbonyl (C=O) groups excluding carboxylic acids is 4. The van der Waals surface area contributed by atoms with Gasteiger partial charge in [-0.3, -0.25) is 8.98 Å². The van der Waals surface area contributed by atoms with Gasteiger partial charge in [0.1, 0.15) is 83.9 Å². The zero-order valence-electron chi connectivity index (χ0n) is 41.5. The van der Waals surface area contributed by atoms with Gasteiger partial charge in [0.2, 0.25) is 0 Å². The van der Waals surface area contributed by atoms with Gasteiger partial charge in [-0.2, -0.15) is 8.42 Å². The Morgan fingerprint density at radius 3 is 1.75 bits per heavy atom. The number of ether oxygens (including phenoxy) is 8. The molecule has 3 fully saturated rings. The third kappa shape index (κ3) is 17.5. The lowest BCUT2D eigenvalue weighted by molar-refractivity contribution is -0.357. The number of amides is 4. The van der Waals surface area contributed by atoms with Crippen molar-refractivity contribution in [3.8, 4) is 0 Å². The lowest BCUT2D eigenvalue weighted by atomic mass is 9.95. The average Bonchev–Trinajstić information content (AvgIpc) is 3.23. The van der Waals surface area contributed by atoms with Crippen LogP contribution in [0, 0.1) is 6.92 Å². The van der Waals surface area contributed by atoms with Gasteiger partial charge in [-0.05, 0) is 94.7 Å². The van der Waals surface area contributed by atoms with Crippen LogP contribution >= 0.6 is 0 Å². The predicted molar refractivity (Wildman–Crippen MR) is 242 cm³/mol. The van der Waals surface area contributed by atoms with E-state index in [1.165, 1.54) is 52.0 Å². The first-order chi connectivity index (χ1) is 32.7. The number of aliphatic hydroxyl groups is 7. The summed E-state index contributed by atoms with van der Waals surface area (Å²) < 4.78 is 77.2. The second-order valence-electron chi connectivity index (χ2n) is 20.3. The summed E-state index contributed by atoms with van der Waals surface area (Å²) in [5.41, 5.74) is -2.09. The van der Waals surface area contributed by atoms with Crippen molar-refractivity contribution >= 4 is 34.3 Å². The van der Waals surface area contributed by atoms with Crippen molar-refractivity contribution in [1.29, 1.82) is 0 Å². The molecule has 11 N–H and O–H groups in total. The quantitative estimate of drug-likeness (QED) is 0.0673. The van der Waals surface area contributed by atoms with Crippen LogP contribution in [0.4, 0.5) is 14.4 Å². The van der Waals surface area contributed by atoms with Gasteiger partial charge in [0.15, 0.2) is 18.8 Å². The van der Waals surface area contributed by atoms with Crippen molar-refractivity contribution in [1.82, 2.24) is 21.3 Å². The second kappa shape index (κ2) is 24.3. The van der Waals surface area contributed by atoms with E-state index in [1.54, 1.807) is 48.5 Å². The number of aliphatic hydroxyl groups excluding tert-OH is 7. The first kappa shape index (κ1) is 59.5. The molecule has 0 aliphatic carbocycles. The molecule has 3 aliphatic heterocycles. The van der Waals surface area contributed by atoms with Crippen LogP contribution in [0.25, 0.3) is 0 Å². The summed E-state index contributed by atoms with van der Waals surface area (Å²) in [6.07, 6.45) is -30.7. The fourth-order valence-electron chi connectivity index (χ4n) is 7.22. The molecule has 0 radical (unpaired) electrons. The lowest BCUT2D eigenvalue weighted by Crippen LogP contribution is -2.69. The highest BCUT2D eigenvalue weighted by Gasteiger charge is 2.54. The Kier molecular flexibility index (Phi) is 20.4. The smallest absolute Gasteiger partial charge is 0.408 e. The predicted octanol–water partition coefficient (Wildman–Crippen LogP) is -1.36. The molecule has 27 heteroatoms. The number of benzene rings is 1. The highest BCUT2D eigenvalue weighted by atomic mass is 32.2. The summed E-state index contributed by atoms with van der Waals surface area (Å²) in [5.74, 6) is -1.13. The highest BCUT2D eigenvalue weighted by Crippen LogP contribution is 2.33. The van der Waals surface area contributed by atoms with Crippen molar-refractivity contribution in [3.05, 3.63) is 29.8 Å². The number of hydrogen-bond donors (Lipinski definition) is 11. The number of rotatable bonds is 16. The molecule has 4 rings (SSSR count). The molecule has 1 aromatic carbocycles. The van der Waals surface area contributed by atoms with Gasteiger partial charge in [0.25, 0.3) is 16.0 Å². The molecule has 406 valence electrons. The minimum absolute atomic E-state index is 0.248. The summed E-state index contributed by atoms with van der Waals surface area (Å²) >= 11 is 0. The number of aryl methyl sites for hydroxylation is 1. The van der Waals surface area contributed by atoms with Crippen molar-refractivity contribution in [2.75, 3.05) is 19.7 Å². The Bertz CT molecular complexity index is 2050. The van der Waals surface area contributed by atoms with Crippen LogP contribution in [0.3, 0.4) is 0 Å². The van der Waals surface area contributed by atoms with E-state index in [0.717, 1.165) is 5.56 Å². The molecular weight excluding hydrogens is 969 g/mol. The lowest BCUT2D eigenvalue weighted by Gasteiger charge is -2.49. The SMILES string of the molecule is Cc1ccc(S(=O)(=O)OCC2O[C@H](OC3[C@H](NC(=O)[C@@H](O)CCNC(=O)OC(C)(C)C)OC(C)[C@@H](O[C@H]4OC(CNC(=O)OC(C)(C)C)[C@@H](O)[C@H](O)C4O)[C@@H]3O)C(O)[C@@H](NC(=O)OC(C)(C)C)[C@@H]2O)cc1. The monoisotopic (exact) mass is 1040 g/mol. The fraction of sp³-hybridized carbons (Fsp3) is 0.773. The third-order valence-corrected chi connectivity index (χ3v) is 11.9. The van der Waals surface area contributed by atoms with Crippen LogP contribution in [0.2, 0.25) is 0 Å². The Hall–Kier alpha value is -4.07. The van der Waals surface area contributed by atoms with Crippen LogP contribution in [-0.4, -0.2) is 203 Å². The van der Waals surface area contributed by atoms with Crippen LogP contribution in [0.15, 0.2) is 29.2 Å². The average molecular weight is 1040 g/mol. The molecule has 4 amide bonds. The van der Waals surface area contributed by atoms with E-state index in [4.69, 9.17) is 42.1 Å². The van der Waals surface area contributed by atoms with Gasteiger partial charge in [0, 0.05) is 13.1 Å². The van der Waals surface area contributed by atoms with Gasteiger partial charge in [-0.25, -0.2) is 14.4 Å². The van der Waals surface area contributed by atoms with Gasteiger partial charge in [-0.1, -0.05) is 17.7 Å².